The number of hydrogen-bond donors (Lipinski definition) is 0. The number of nitrogens with zero attached hydrogens (tertiary/aromatic N) is 5. The summed E-state index contributed by atoms with van der Waals surface area (Å²) in [4.78, 5) is 30.6. The number of carbonyl (C=O) groups excluding carboxylic acids is 2. The molecule has 10 heteroatoms. The van der Waals surface area contributed by atoms with Gasteiger partial charge >= 0.3 is 0 Å². The van der Waals surface area contributed by atoms with E-state index >= 15 is 0 Å². The fourth-order valence-corrected chi connectivity index (χ4v) is 4.43. The van der Waals surface area contributed by atoms with E-state index in [9.17, 15) is 9.59 Å². The molecule has 2 aromatic rings. The second-order valence-electron chi connectivity index (χ2n) is 7.72. The third kappa shape index (κ3) is 4.32. The van der Waals surface area contributed by atoms with Crippen molar-refractivity contribution in [3.63, 3.8) is 0 Å². The van der Waals surface area contributed by atoms with Crippen molar-refractivity contribution >= 4 is 46.5 Å². The van der Waals surface area contributed by atoms with Gasteiger partial charge in [0, 0.05) is 50.9 Å². The van der Waals surface area contributed by atoms with Crippen molar-refractivity contribution < 1.29 is 14.3 Å². The van der Waals surface area contributed by atoms with Crippen LogP contribution in [-0.4, -0.2) is 66.3 Å². The summed E-state index contributed by atoms with van der Waals surface area (Å²) in [5, 5.41) is 5.48. The molecule has 166 valence electrons. The number of halogens is 2. The van der Waals surface area contributed by atoms with E-state index in [1.165, 1.54) is 0 Å². The Morgan fingerprint density at radius 1 is 1.16 bits per heavy atom. The van der Waals surface area contributed by atoms with Gasteiger partial charge in [0.15, 0.2) is 5.82 Å². The third-order valence-corrected chi connectivity index (χ3v) is 6.62. The molecular formula is C21H25Cl2N5O3. The Labute approximate surface area is 191 Å². The average Bonchev–Trinajstić information content (AvgIpc) is 3.32. The second-order valence-corrected chi connectivity index (χ2v) is 8.50. The molecule has 2 aliphatic rings. The summed E-state index contributed by atoms with van der Waals surface area (Å²) < 4.78 is 6.90. The first kappa shape index (κ1) is 21.8. The van der Waals surface area contributed by atoms with E-state index in [-0.39, 0.29) is 18.4 Å². The van der Waals surface area contributed by atoms with Gasteiger partial charge in [-0.05, 0) is 25.5 Å². The number of ether oxygens (including phenoxy) is 1. The van der Waals surface area contributed by atoms with Gasteiger partial charge in [-0.15, -0.1) is 0 Å². The Balaban J connectivity index is 1.39. The number of anilines is 2. The highest BCUT2D eigenvalue weighted by Gasteiger charge is 2.29. The fraction of sp³-hybridized carbons (Fsp3) is 0.476. The summed E-state index contributed by atoms with van der Waals surface area (Å²) in [6, 6.07) is 5.69. The smallest absolute Gasteiger partial charge is 0.244 e. The van der Waals surface area contributed by atoms with Crippen LogP contribution in [0.25, 0.3) is 0 Å². The van der Waals surface area contributed by atoms with Gasteiger partial charge in [-0.25, -0.2) is 0 Å². The van der Waals surface area contributed by atoms with Crippen molar-refractivity contribution in [2.24, 2.45) is 0 Å². The predicted octanol–water partition coefficient (Wildman–Crippen LogP) is 2.98. The van der Waals surface area contributed by atoms with Crippen LogP contribution >= 0.6 is 23.2 Å². The van der Waals surface area contributed by atoms with Crippen molar-refractivity contribution in [3.8, 4) is 5.75 Å². The SMILES string of the molecule is COc1cc(N2CCN(C(=O)Cn3nc(N4CCCC4=O)c(Cl)c3C)CC2)ccc1Cl. The van der Waals surface area contributed by atoms with Crippen LogP contribution in [0.3, 0.4) is 0 Å². The lowest BCUT2D eigenvalue weighted by Crippen LogP contribution is -2.49. The number of carbonyl (C=O) groups is 2. The average molecular weight is 466 g/mol. The van der Waals surface area contributed by atoms with Crippen LogP contribution in [0.4, 0.5) is 11.5 Å². The zero-order valence-corrected chi connectivity index (χ0v) is 19.1. The molecule has 2 amide bonds. The first-order chi connectivity index (χ1) is 14.9. The molecule has 3 heterocycles. The largest absolute Gasteiger partial charge is 0.495 e. The number of aromatic nitrogens is 2. The summed E-state index contributed by atoms with van der Waals surface area (Å²) in [6.07, 6.45) is 1.30. The molecular weight excluding hydrogens is 441 g/mol. The topological polar surface area (TPSA) is 70.9 Å². The normalized spacial score (nSPS) is 16.9. The second kappa shape index (κ2) is 8.96. The highest BCUT2D eigenvalue weighted by Crippen LogP contribution is 2.32. The molecule has 2 aliphatic heterocycles. The fourth-order valence-electron chi connectivity index (χ4n) is 3.99. The number of amides is 2. The predicted molar refractivity (Wildman–Crippen MR) is 120 cm³/mol. The molecule has 2 saturated heterocycles. The lowest BCUT2D eigenvalue weighted by atomic mass is 10.2. The molecule has 0 saturated carbocycles. The van der Waals surface area contributed by atoms with Crippen molar-refractivity contribution in [3.05, 3.63) is 33.9 Å². The Hall–Kier alpha value is -2.45. The van der Waals surface area contributed by atoms with Crippen LogP contribution in [0.15, 0.2) is 18.2 Å². The Morgan fingerprint density at radius 2 is 1.90 bits per heavy atom. The minimum atomic E-state index is -0.0186. The van der Waals surface area contributed by atoms with Gasteiger partial charge < -0.3 is 14.5 Å². The van der Waals surface area contributed by atoms with E-state index in [2.05, 4.69) is 10.00 Å². The van der Waals surface area contributed by atoms with E-state index in [4.69, 9.17) is 27.9 Å². The van der Waals surface area contributed by atoms with Crippen LogP contribution in [0.2, 0.25) is 10.0 Å². The molecule has 0 atom stereocenters. The van der Waals surface area contributed by atoms with Crippen molar-refractivity contribution in [2.75, 3.05) is 49.6 Å². The molecule has 8 nitrogen and oxygen atoms in total. The Bertz CT molecular complexity index is 1000. The minimum Gasteiger partial charge on any atom is -0.495 e. The van der Waals surface area contributed by atoms with Gasteiger partial charge in [0.25, 0.3) is 0 Å². The quantitative estimate of drug-likeness (QED) is 0.678. The summed E-state index contributed by atoms with van der Waals surface area (Å²) in [5.41, 5.74) is 1.71. The van der Waals surface area contributed by atoms with Gasteiger partial charge in [-0.1, -0.05) is 23.2 Å². The summed E-state index contributed by atoms with van der Waals surface area (Å²) in [5.74, 6) is 1.09. The maximum atomic E-state index is 12.9. The standard InChI is InChI=1S/C21H25Cl2N5O3/c1-14-20(23)21(27-7-3-4-18(27)29)24-28(14)13-19(30)26-10-8-25(9-11-26)15-5-6-16(22)17(12-15)31-2/h5-6,12H,3-4,7-11,13H2,1-2H3. The van der Waals surface area contributed by atoms with Crippen molar-refractivity contribution in [1.29, 1.82) is 0 Å². The molecule has 0 unspecified atom stereocenters. The van der Waals surface area contributed by atoms with Gasteiger partial charge in [0.05, 0.1) is 17.8 Å². The van der Waals surface area contributed by atoms with E-state index < -0.39 is 0 Å². The van der Waals surface area contributed by atoms with Gasteiger partial charge in [-0.3, -0.25) is 19.2 Å². The Kier molecular flexibility index (Phi) is 6.29. The van der Waals surface area contributed by atoms with Crippen molar-refractivity contribution in [1.82, 2.24) is 14.7 Å². The van der Waals surface area contributed by atoms with Crippen LogP contribution in [0.5, 0.6) is 5.75 Å². The highest BCUT2D eigenvalue weighted by atomic mass is 35.5. The zero-order valence-electron chi connectivity index (χ0n) is 17.6. The first-order valence-electron chi connectivity index (χ1n) is 10.3. The molecule has 0 radical (unpaired) electrons. The summed E-state index contributed by atoms with van der Waals surface area (Å²) in [6.45, 7) is 5.16. The monoisotopic (exact) mass is 465 g/mol. The van der Waals surface area contributed by atoms with Crippen molar-refractivity contribution in [2.45, 2.75) is 26.3 Å². The van der Waals surface area contributed by atoms with Crippen LogP contribution < -0.4 is 14.5 Å². The number of rotatable bonds is 5. The van der Waals surface area contributed by atoms with Gasteiger partial charge in [0.2, 0.25) is 11.8 Å². The maximum absolute atomic E-state index is 12.9. The zero-order chi connectivity index (χ0) is 22.1. The summed E-state index contributed by atoms with van der Waals surface area (Å²) in [7, 11) is 1.59. The molecule has 0 bridgehead atoms. The van der Waals surface area contributed by atoms with Gasteiger partial charge in [-0.2, -0.15) is 5.10 Å². The van der Waals surface area contributed by atoms with Crippen LogP contribution in [0, 0.1) is 6.92 Å². The number of methoxy groups -OCH3 is 1. The molecule has 1 aromatic heterocycles. The minimum absolute atomic E-state index is 0.0186. The lowest BCUT2D eigenvalue weighted by Gasteiger charge is -2.36. The van der Waals surface area contributed by atoms with Crippen LogP contribution in [0.1, 0.15) is 18.5 Å². The highest BCUT2D eigenvalue weighted by molar-refractivity contribution is 6.34. The van der Waals surface area contributed by atoms with Crippen LogP contribution in [-0.2, 0) is 16.1 Å². The molecule has 0 aliphatic carbocycles. The third-order valence-electron chi connectivity index (χ3n) is 5.86. The number of hydrogen-bond acceptors (Lipinski definition) is 5. The molecule has 0 spiro atoms. The Morgan fingerprint density at radius 3 is 2.55 bits per heavy atom. The summed E-state index contributed by atoms with van der Waals surface area (Å²) >= 11 is 12.5. The van der Waals surface area contributed by atoms with E-state index in [1.807, 2.05) is 30.0 Å². The number of benzene rings is 1. The molecule has 0 N–H and O–H groups in total. The maximum Gasteiger partial charge on any atom is 0.244 e. The van der Waals surface area contributed by atoms with Gasteiger partial charge in [0.1, 0.15) is 17.3 Å². The molecule has 31 heavy (non-hydrogen) atoms. The molecule has 1 aromatic carbocycles. The lowest BCUT2D eigenvalue weighted by molar-refractivity contribution is -0.132. The van der Waals surface area contributed by atoms with E-state index in [0.29, 0.717) is 66.5 Å². The van der Waals surface area contributed by atoms with E-state index in [1.54, 1.807) is 16.7 Å². The first-order valence-corrected chi connectivity index (χ1v) is 11.0. The number of piperazine rings is 1. The molecule has 4 rings (SSSR count). The van der Waals surface area contributed by atoms with E-state index in [0.717, 1.165) is 12.1 Å². The molecule has 2 fully saturated rings.